The molecule has 0 radical (unpaired) electrons. The number of benzene rings is 1. The Hall–Kier alpha value is -0.600. The lowest BCUT2D eigenvalue weighted by atomic mass is 9.98. The fourth-order valence-corrected chi connectivity index (χ4v) is 1.98. The molecule has 0 aromatic heterocycles. The van der Waals surface area contributed by atoms with E-state index >= 15 is 0 Å². The van der Waals surface area contributed by atoms with Gasteiger partial charge in [-0.05, 0) is 43.0 Å². The average molecular weight is 254 g/mol. The van der Waals surface area contributed by atoms with Gasteiger partial charge in [0.25, 0.3) is 0 Å². The molecule has 14 heavy (non-hydrogen) atoms. The van der Waals surface area contributed by atoms with E-state index in [1.54, 1.807) is 0 Å². The number of rotatable bonds is 4. The fraction of sp³-hybridized carbons (Fsp3) is 0.333. The Bertz CT molecular complexity index is 320. The van der Waals surface area contributed by atoms with Gasteiger partial charge in [-0.25, -0.2) is 0 Å². The summed E-state index contributed by atoms with van der Waals surface area (Å²) in [6.07, 6.45) is 3.84. The van der Waals surface area contributed by atoms with Gasteiger partial charge in [0, 0.05) is 10.5 Å². The van der Waals surface area contributed by atoms with E-state index in [4.69, 9.17) is 5.73 Å². The van der Waals surface area contributed by atoms with E-state index < -0.39 is 0 Å². The maximum atomic E-state index is 6.07. The normalized spacial score (nSPS) is 12.5. The van der Waals surface area contributed by atoms with Crippen LogP contribution in [0.1, 0.15) is 30.0 Å². The zero-order valence-corrected chi connectivity index (χ0v) is 10.0. The summed E-state index contributed by atoms with van der Waals surface area (Å²) in [6, 6.07) is 6.35. The summed E-state index contributed by atoms with van der Waals surface area (Å²) < 4.78 is 1.11. The van der Waals surface area contributed by atoms with Gasteiger partial charge in [-0.15, -0.1) is 6.58 Å². The van der Waals surface area contributed by atoms with Crippen LogP contribution in [-0.2, 0) is 0 Å². The highest BCUT2D eigenvalue weighted by Gasteiger charge is 2.07. The summed E-state index contributed by atoms with van der Waals surface area (Å²) in [5, 5.41) is 0. The van der Waals surface area contributed by atoms with E-state index in [9.17, 15) is 0 Å². The molecule has 0 amide bonds. The molecular weight excluding hydrogens is 238 g/mol. The Kier molecular flexibility index (Phi) is 4.36. The minimum atomic E-state index is 0.126. The lowest BCUT2D eigenvalue weighted by molar-refractivity contribution is 0.657. The number of hydrogen-bond donors (Lipinski definition) is 1. The van der Waals surface area contributed by atoms with Crippen molar-refractivity contribution < 1.29 is 0 Å². The van der Waals surface area contributed by atoms with Crippen LogP contribution in [0.4, 0.5) is 0 Å². The Balaban J connectivity index is 2.78. The summed E-state index contributed by atoms with van der Waals surface area (Å²) in [7, 11) is 0. The first-order valence-electron chi connectivity index (χ1n) is 4.77. The predicted molar refractivity (Wildman–Crippen MR) is 65.2 cm³/mol. The maximum Gasteiger partial charge on any atom is 0.0300 e. The van der Waals surface area contributed by atoms with Gasteiger partial charge in [0.1, 0.15) is 0 Å². The minimum Gasteiger partial charge on any atom is -0.324 e. The zero-order valence-electron chi connectivity index (χ0n) is 8.46. The first-order valence-corrected chi connectivity index (χ1v) is 5.57. The van der Waals surface area contributed by atoms with E-state index in [-0.39, 0.29) is 6.04 Å². The number of nitrogens with two attached hydrogens (primary N) is 1. The van der Waals surface area contributed by atoms with Crippen LogP contribution in [0.25, 0.3) is 0 Å². The molecule has 0 spiro atoms. The second kappa shape index (κ2) is 5.32. The SMILES string of the molecule is C=CCCC(N)c1ccc(Br)cc1C. The molecule has 1 nitrogen and oxygen atoms in total. The van der Waals surface area contributed by atoms with Crippen LogP contribution in [0.15, 0.2) is 35.3 Å². The molecule has 0 fully saturated rings. The van der Waals surface area contributed by atoms with Gasteiger partial charge >= 0.3 is 0 Å². The summed E-state index contributed by atoms with van der Waals surface area (Å²) >= 11 is 3.44. The molecule has 1 aromatic carbocycles. The van der Waals surface area contributed by atoms with Crippen molar-refractivity contribution in [2.24, 2.45) is 5.73 Å². The van der Waals surface area contributed by atoms with E-state index in [2.05, 4.69) is 41.6 Å². The van der Waals surface area contributed by atoms with Crippen LogP contribution < -0.4 is 5.73 Å². The number of halogens is 1. The zero-order chi connectivity index (χ0) is 10.6. The van der Waals surface area contributed by atoms with Gasteiger partial charge < -0.3 is 5.73 Å². The van der Waals surface area contributed by atoms with Crippen molar-refractivity contribution >= 4 is 15.9 Å². The fourth-order valence-electron chi connectivity index (χ4n) is 1.51. The lowest BCUT2D eigenvalue weighted by Gasteiger charge is -2.13. The molecule has 0 aliphatic heterocycles. The van der Waals surface area contributed by atoms with Gasteiger partial charge in [0.05, 0.1) is 0 Å². The quantitative estimate of drug-likeness (QED) is 0.814. The number of aryl methyl sites for hydroxylation is 1. The second-order valence-electron chi connectivity index (χ2n) is 3.47. The first-order chi connectivity index (χ1) is 6.65. The molecule has 2 heteroatoms. The van der Waals surface area contributed by atoms with Gasteiger partial charge in [-0.3, -0.25) is 0 Å². The largest absolute Gasteiger partial charge is 0.324 e. The van der Waals surface area contributed by atoms with Crippen LogP contribution in [0.3, 0.4) is 0 Å². The van der Waals surface area contributed by atoms with E-state index in [1.165, 1.54) is 11.1 Å². The monoisotopic (exact) mass is 253 g/mol. The van der Waals surface area contributed by atoms with Crippen molar-refractivity contribution in [3.8, 4) is 0 Å². The van der Waals surface area contributed by atoms with Crippen molar-refractivity contribution in [2.45, 2.75) is 25.8 Å². The predicted octanol–water partition coefficient (Wildman–Crippen LogP) is 3.72. The Morgan fingerprint density at radius 3 is 2.86 bits per heavy atom. The average Bonchev–Trinajstić information content (AvgIpc) is 2.14. The van der Waals surface area contributed by atoms with Crippen molar-refractivity contribution in [3.63, 3.8) is 0 Å². The van der Waals surface area contributed by atoms with Gasteiger partial charge in [-0.1, -0.05) is 28.1 Å². The first kappa shape index (κ1) is 11.5. The Labute approximate surface area is 94.1 Å². The van der Waals surface area contributed by atoms with E-state index in [1.807, 2.05) is 12.1 Å². The third kappa shape index (κ3) is 2.96. The van der Waals surface area contributed by atoms with E-state index in [0.717, 1.165) is 17.3 Å². The summed E-state index contributed by atoms with van der Waals surface area (Å²) in [5.74, 6) is 0. The standard InChI is InChI=1S/C12H16BrN/c1-3-4-5-12(14)11-7-6-10(13)8-9(11)2/h3,6-8,12H,1,4-5,14H2,2H3. The summed E-state index contributed by atoms with van der Waals surface area (Å²) in [4.78, 5) is 0. The number of allylic oxidation sites excluding steroid dienone is 1. The molecular formula is C12H16BrN. The van der Waals surface area contributed by atoms with Crippen LogP contribution in [0, 0.1) is 6.92 Å². The summed E-state index contributed by atoms with van der Waals surface area (Å²) in [6.45, 7) is 5.79. The molecule has 0 heterocycles. The molecule has 0 aliphatic carbocycles. The maximum absolute atomic E-state index is 6.07. The van der Waals surface area contributed by atoms with Crippen molar-refractivity contribution in [1.29, 1.82) is 0 Å². The molecule has 76 valence electrons. The second-order valence-corrected chi connectivity index (χ2v) is 4.39. The van der Waals surface area contributed by atoms with E-state index in [0.29, 0.717) is 0 Å². The van der Waals surface area contributed by atoms with Crippen LogP contribution >= 0.6 is 15.9 Å². The molecule has 0 saturated carbocycles. The van der Waals surface area contributed by atoms with Gasteiger partial charge in [0.15, 0.2) is 0 Å². The van der Waals surface area contributed by atoms with Crippen LogP contribution in [-0.4, -0.2) is 0 Å². The molecule has 1 rings (SSSR count). The smallest absolute Gasteiger partial charge is 0.0300 e. The lowest BCUT2D eigenvalue weighted by Crippen LogP contribution is -2.11. The molecule has 1 unspecified atom stereocenters. The van der Waals surface area contributed by atoms with Crippen LogP contribution in [0.5, 0.6) is 0 Å². The van der Waals surface area contributed by atoms with Crippen molar-refractivity contribution in [2.75, 3.05) is 0 Å². The summed E-state index contributed by atoms with van der Waals surface area (Å²) in [5.41, 5.74) is 8.55. The Morgan fingerprint density at radius 2 is 2.29 bits per heavy atom. The van der Waals surface area contributed by atoms with Crippen molar-refractivity contribution in [1.82, 2.24) is 0 Å². The van der Waals surface area contributed by atoms with Gasteiger partial charge in [-0.2, -0.15) is 0 Å². The third-order valence-electron chi connectivity index (χ3n) is 2.31. The van der Waals surface area contributed by atoms with Gasteiger partial charge in [0.2, 0.25) is 0 Å². The highest BCUT2D eigenvalue weighted by atomic mass is 79.9. The highest BCUT2D eigenvalue weighted by Crippen LogP contribution is 2.23. The molecule has 0 aliphatic rings. The minimum absolute atomic E-state index is 0.126. The molecule has 1 atom stereocenters. The molecule has 0 bridgehead atoms. The molecule has 1 aromatic rings. The van der Waals surface area contributed by atoms with Crippen molar-refractivity contribution in [3.05, 3.63) is 46.5 Å². The molecule has 0 saturated heterocycles. The van der Waals surface area contributed by atoms with Crippen LogP contribution in [0.2, 0.25) is 0 Å². The molecule has 2 N–H and O–H groups in total. The Morgan fingerprint density at radius 1 is 1.57 bits per heavy atom. The highest BCUT2D eigenvalue weighted by molar-refractivity contribution is 9.10. The third-order valence-corrected chi connectivity index (χ3v) is 2.81. The topological polar surface area (TPSA) is 26.0 Å². The number of hydrogen-bond acceptors (Lipinski definition) is 1.